The summed E-state index contributed by atoms with van der Waals surface area (Å²) in [6.45, 7) is 0.106. The summed E-state index contributed by atoms with van der Waals surface area (Å²) in [6.07, 6.45) is 11.4. The van der Waals surface area contributed by atoms with E-state index in [4.69, 9.17) is 10.2 Å². The summed E-state index contributed by atoms with van der Waals surface area (Å²) in [5.41, 5.74) is 0. The lowest BCUT2D eigenvalue weighted by molar-refractivity contribution is -0.136. The zero-order valence-corrected chi connectivity index (χ0v) is 8.35. The normalized spacial score (nSPS) is 11.5. The summed E-state index contributed by atoms with van der Waals surface area (Å²) >= 11 is 0. The van der Waals surface area contributed by atoms with Crippen LogP contribution in [0, 0.1) is 0 Å². The Balaban J connectivity index is 3.18. The molecule has 0 rings (SSSR count). The largest absolute Gasteiger partial charge is 0.481 e. The summed E-state index contributed by atoms with van der Waals surface area (Å²) < 4.78 is 0. The third kappa shape index (κ3) is 10.9. The topological polar surface area (TPSA) is 57.5 Å². The second-order valence-electron chi connectivity index (χ2n) is 2.99. The number of aliphatic carboxylic acids is 1. The standard InChI is InChI=1S/C11H18O3/c12-10-8-6-4-2-1-3-5-7-9-11(13)14/h3,5-6,8,12H,1-2,4,7,9-10H2,(H,13,14)/b5-3+,8-6+. The van der Waals surface area contributed by atoms with Gasteiger partial charge in [0.05, 0.1) is 6.61 Å². The van der Waals surface area contributed by atoms with Crippen LogP contribution in [-0.2, 0) is 4.79 Å². The number of hydrogen-bond donors (Lipinski definition) is 2. The van der Waals surface area contributed by atoms with Crippen molar-refractivity contribution in [2.75, 3.05) is 6.61 Å². The number of carboxylic acids is 1. The molecule has 0 aromatic carbocycles. The Hall–Kier alpha value is -1.09. The van der Waals surface area contributed by atoms with Gasteiger partial charge in [-0.05, 0) is 25.7 Å². The molecule has 0 saturated heterocycles. The predicted molar refractivity (Wildman–Crippen MR) is 56.1 cm³/mol. The fraction of sp³-hybridized carbons (Fsp3) is 0.545. The Bertz CT molecular complexity index is 195. The summed E-state index contributed by atoms with van der Waals surface area (Å²) in [5, 5.41) is 16.8. The van der Waals surface area contributed by atoms with Gasteiger partial charge >= 0.3 is 5.97 Å². The lowest BCUT2D eigenvalue weighted by Crippen LogP contribution is -1.91. The maximum absolute atomic E-state index is 10.1. The second-order valence-corrected chi connectivity index (χ2v) is 2.99. The molecule has 0 heterocycles. The molecule has 0 aliphatic carbocycles. The molecule has 14 heavy (non-hydrogen) atoms. The van der Waals surface area contributed by atoms with E-state index < -0.39 is 5.97 Å². The van der Waals surface area contributed by atoms with Crippen LogP contribution in [0.5, 0.6) is 0 Å². The number of allylic oxidation sites excluding steroid dienone is 3. The van der Waals surface area contributed by atoms with Crippen LogP contribution < -0.4 is 0 Å². The molecule has 0 aromatic heterocycles. The Morgan fingerprint density at radius 2 is 1.57 bits per heavy atom. The van der Waals surface area contributed by atoms with Gasteiger partial charge in [-0.3, -0.25) is 4.79 Å². The zero-order valence-electron chi connectivity index (χ0n) is 8.35. The Labute approximate surface area is 84.8 Å². The first-order chi connectivity index (χ1) is 6.77. The Kier molecular flexibility index (Phi) is 9.22. The minimum absolute atomic E-state index is 0.106. The number of unbranched alkanes of at least 4 members (excludes halogenated alkanes) is 2. The van der Waals surface area contributed by atoms with E-state index in [2.05, 4.69) is 0 Å². The number of aliphatic hydroxyl groups is 1. The molecule has 0 aliphatic heterocycles. The average molecular weight is 198 g/mol. The van der Waals surface area contributed by atoms with Crippen molar-refractivity contribution in [3.05, 3.63) is 24.3 Å². The van der Waals surface area contributed by atoms with Crippen LogP contribution in [0.25, 0.3) is 0 Å². The van der Waals surface area contributed by atoms with Crippen LogP contribution >= 0.6 is 0 Å². The van der Waals surface area contributed by atoms with E-state index in [-0.39, 0.29) is 13.0 Å². The Morgan fingerprint density at radius 1 is 1.00 bits per heavy atom. The lowest BCUT2D eigenvalue weighted by Gasteiger charge is -1.90. The fourth-order valence-corrected chi connectivity index (χ4v) is 0.988. The van der Waals surface area contributed by atoms with Gasteiger partial charge < -0.3 is 10.2 Å². The highest BCUT2D eigenvalue weighted by Gasteiger charge is 1.90. The summed E-state index contributed by atoms with van der Waals surface area (Å²) in [6, 6.07) is 0. The van der Waals surface area contributed by atoms with Crippen molar-refractivity contribution in [3.63, 3.8) is 0 Å². The van der Waals surface area contributed by atoms with Crippen molar-refractivity contribution in [3.8, 4) is 0 Å². The van der Waals surface area contributed by atoms with Crippen molar-refractivity contribution in [1.82, 2.24) is 0 Å². The molecule has 0 saturated carbocycles. The van der Waals surface area contributed by atoms with Gasteiger partial charge in [0.15, 0.2) is 0 Å². The van der Waals surface area contributed by atoms with Gasteiger partial charge in [0.2, 0.25) is 0 Å². The molecule has 2 N–H and O–H groups in total. The summed E-state index contributed by atoms with van der Waals surface area (Å²) in [5.74, 6) is -0.750. The first-order valence-corrected chi connectivity index (χ1v) is 4.90. The molecule has 0 atom stereocenters. The number of carbonyl (C=O) groups is 1. The van der Waals surface area contributed by atoms with Gasteiger partial charge in [0.1, 0.15) is 0 Å². The molecular weight excluding hydrogens is 180 g/mol. The quantitative estimate of drug-likeness (QED) is 0.464. The number of rotatable bonds is 8. The molecule has 0 amide bonds. The predicted octanol–water partition coefficient (Wildman–Crippen LogP) is 2.13. The second kappa shape index (κ2) is 9.99. The maximum Gasteiger partial charge on any atom is 0.303 e. The van der Waals surface area contributed by atoms with Crippen molar-refractivity contribution >= 4 is 5.97 Å². The number of hydrogen-bond acceptors (Lipinski definition) is 2. The van der Waals surface area contributed by atoms with Gasteiger partial charge in [-0.15, -0.1) is 0 Å². The molecule has 80 valence electrons. The molecule has 0 aliphatic rings. The Morgan fingerprint density at radius 3 is 2.14 bits per heavy atom. The van der Waals surface area contributed by atoms with Gasteiger partial charge in [-0.25, -0.2) is 0 Å². The van der Waals surface area contributed by atoms with E-state index in [0.29, 0.717) is 6.42 Å². The molecule has 3 heteroatoms. The van der Waals surface area contributed by atoms with E-state index in [0.717, 1.165) is 19.3 Å². The van der Waals surface area contributed by atoms with E-state index in [9.17, 15) is 4.79 Å². The molecule has 0 fully saturated rings. The average Bonchev–Trinajstić information content (AvgIpc) is 2.15. The van der Waals surface area contributed by atoms with Crippen LogP contribution in [-0.4, -0.2) is 22.8 Å². The van der Waals surface area contributed by atoms with E-state index in [1.165, 1.54) is 0 Å². The maximum atomic E-state index is 10.1. The van der Waals surface area contributed by atoms with Crippen molar-refractivity contribution in [1.29, 1.82) is 0 Å². The van der Waals surface area contributed by atoms with Crippen LogP contribution in [0.2, 0.25) is 0 Å². The smallest absolute Gasteiger partial charge is 0.303 e. The van der Waals surface area contributed by atoms with Gasteiger partial charge in [-0.1, -0.05) is 24.3 Å². The molecule has 0 spiro atoms. The summed E-state index contributed by atoms with van der Waals surface area (Å²) in [4.78, 5) is 10.1. The van der Waals surface area contributed by atoms with Crippen LogP contribution in [0.3, 0.4) is 0 Å². The van der Waals surface area contributed by atoms with E-state index in [1.807, 2.05) is 18.2 Å². The van der Waals surface area contributed by atoms with Crippen molar-refractivity contribution in [2.45, 2.75) is 32.1 Å². The zero-order chi connectivity index (χ0) is 10.6. The molecule has 0 aromatic rings. The first kappa shape index (κ1) is 12.9. The van der Waals surface area contributed by atoms with Gasteiger partial charge in [0.25, 0.3) is 0 Å². The highest BCUT2D eigenvalue weighted by molar-refractivity contribution is 5.66. The summed E-state index contributed by atoms with van der Waals surface area (Å²) in [7, 11) is 0. The molecular formula is C11H18O3. The third-order valence-electron chi connectivity index (χ3n) is 1.71. The van der Waals surface area contributed by atoms with E-state index >= 15 is 0 Å². The van der Waals surface area contributed by atoms with Gasteiger partial charge in [0, 0.05) is 6.42 Å². The molecule has 0 bridgehead atoms. The minimum atomic E-state index is -0.750. The monoisotopic (exact) mass is 198 g/mol. The SMILES string of the molecule is O=C(O)CC/C=C/CCC/C=C/CO. The highest BCUT2D eigenvalue weighted by Crippen LogP contribution is 1.99. The molecule has 3 nitrogen and oxygen atoms in total. The van der Waals surface area contributed by atoms with Gasteiger partial charge in [-0.2, -0.15) is 0 Å². The van der Waals surface area contributed by atoms with Crippen LogP contribution in [0.1, 0.15) is 32.1 Å². The fourth-order valence-electron chi connectivity index (χ4n) is 0.988. The third-order valence-corrected chi connectivity index (χ3v) is 1.71. The number of aliphatic hydroxyl groups excluding tert-OH is 1. The molecule has 0 radical (unpaired) electrons. The van der Waals surface area contributed by atoms with E-state index in [1.54, 1.807) is 6.08 Å². The minimum Gasteiger partial charge on any atom is -0.481 e. The first-order valence-electron chi connectivity index (χ1n) is 4.90. The van der Waals surface area contributed by atoms with Crippen molar-refractivity contribution < 1.29 is 15.0 Å². The molecule has 0 unspecified atom stereocenters. The van der Waals surface area contributed by atoms with Crippen LogP contribution in [0.15, 0.2) is 24.3 Å². The lowest BCUT2D eigenvalue weighted by atomic mass is 10.2. The number of carboxylic acid groups (broad SMARTS) is 1. The highest BCUT2D eigenvalue weighted by atomic mass is 16.4. The van der Waals surface area contributed by atoms with Crippen LogP contribution in [0.4, 0.5) is 0 Å². The van der Waals surface area contributed by atoms with Crippen molar-refractivity contribution in [2.24, 2.45) is 0 Å².